The number of hydrogen-bond donors (Lipinski definition) is 0. The molecule has 2 aromatic carbocycles. The molecule has 3 amide bonds. The summed E-state index contributed by atoms with van der Waals surface area (Å²) in [5, 5.41) is 11.0. The van der Waals surface area contributed by atoms with Gasteiger partial charge in [-0.2, -0.15) is 26.3 Å². The molecule has 1 saturated heterocycles. The number of hydrogen-bond acceptors (Lipinski definition) is 4. The lowest BCUT2D eigenvalue weighted by Crippen LogP contribution is -2.44. The van der Waals surface area contributed by atoms with Crippen molar-refractivity contribution in [2.45, 2.75) is 31.7 Å². The highest BCUT2D eigenvalue weighted by molar-refractivity contribution is 6.30. The third-order valence-corrected chi connectivity index (χ3v) is 4.84. The second-order valence-corrected chi connectivity index (χ2v) is 7.32. The molecule has 13 heteroatoms. The summed E-state index contributed by atoms with van der Waals surface area (Å²) >= 11 is 0. The van der Waals surface area contributed by atoms with Gasteiger partial charge in [0.25, 0.3) is 11.6 Å². The number of benzene rings is 2. The largest absolute Gasteiger partial charge is 0.423 e. The molecule has 0 unspecified atom stereocenters. The summed E-state index contributed by atoms with van der Waals surface area (Å²) in [7, 11) is 0. The van der Waals surface area contributed by atoms with Gasteiger partial charge in [-0.05, 0) is 44.2 Å². The molecule has 0 saturated carbocycles. The summed E-state index contributed by atoms with van der Waals surface area (Å²) in [4.78, 5) is 36.7. The highest BCUT2D eigenvalue weighted by atomic mass is 19.4. The third kappa shape index (κ3) is 3.74. The van der Waals surface area contributed by atoms with Gasteiger partial charge in [-0.3, -0.25) is 19.8 Å². The molecule has 1 aliphatic heterocycles. The SMILES string of the molecule is CC1(C)C(=O)N(c2cccc(C(F)(F)F)c2)C(=O)N1c1ccc([N+](=O)[O-])c(C(F)(F)F)c1. The van der Waals surface area contributed by atoms with E-state index in [2.05, 4.69) is 0 Å². The predicted molar refractivity (Wildman–Crippen MR) is 99.0 cm³/mol. The minimum Gasteiger partial charge on any atom is -0.279 e. The summed E-state index contributed by atoms with van der Waals surface area (Å²) in [6.07, 6.45) is -9.91. The number of imide groups is 1. The van der Waals surface area contributed by atoms with E-state index in [4.69, 9.17) is 0 Å². The van der Waals surface area contributed by atoms with Gasteiger partial charge in [-0.1, -0.05) is 6.07 Å². The van der Waals surface area contributed by atoms with Gasteiger partial charge in [0.1, 0.15) is 11.1 Å². The van der Waals surface area contributed by atoms with E-state index in [9.17, 15) is 46.0 Å². The van der Waals surface area contributed by atoms with Crippen LogP contribution < -0.4 is 9.80 Å². The minimum absolute atomic E-state index is 0.348. The van der Waals surface area contributed by atoms with Crippen LogP contribution in [0.3, 0.4) is 0 Å². The van der Waals surface area contributed by atoms with Gasteiger partial charge >= 0.3 is 18.4 Å². The fourth-order valence-corrected chi connectivity index (χ4v) is 3.33. The first kappa shape index (κ1) is 23.0. The van der Waals surface area contributed by atoms with E-state index >= 15 is 0 Å². The Bertz CT molecular complexity index is 1130. The number of carbonyl (C=O) groups is 2. The Kier molecular flexibility index (Phi) is 5.19. The molecule has 1 aliphatic rings. The van der Waals surface area contributed by atoms with Crippen LogP contribution in [0, 0.1) is 10.1 Å². The molecule has 0 bridgehead atoms. The summed E-state index contributed by atoms with van der Waals surface area (Å²) < 4.78 is 79.2. The van der Waals surface area contributed by atoms with Crippen LogP contribution in [0.25, 0.3) is 0 Å². The molecule has 32 heavy (non-hydrogen) atoms. The van der Waals surface area contributed by atoms with Crippen LogP contribution in [0.2, 0.25) is 0 Å². The van der Waals surface area contributed by atoms with Crippen LogP contribution >= 0.6 is 0 Å². The Balaban J connectivity index is 2.13. The average molecular weight is 461 g/mol. The summed E-state index contributed by atoms with van der Waals surface area (Å²) in [6, 6.07) is 3.87. The lowest BCUT2D eigenvalue weighted by molar-refractivity contribution is -0.388. The van der Waals surface area contributed by atoms with Gasteiger partial charge < -0.3 is 0 Å². The van der Waals surface area contributed by atoms with Crippen molar-refractivity contribution in [2.75, 3.05) is 9.80 Å². The number of carbonyl (C=O) groups excluding carboxylic acids is 2. The lowest BCUT2D eigenvalue weighted by atomic mass is 10.0. The summed E-state index contributed by atoms with van der Waals surface area (Å²) in [6.45, 7) is 2.38. The fourth-order valence-electron chi connectivity index (χ4n) is 3.33. The van der Waals surface area contributed by atoms with Crippen molar-refractivity contribution in [1.82, 2.24) is 0 Å². The molecule has 0 aliphatic carbocycles. The summed E-state index contributed by atoms with van der Waals surface area (Å²) in [5.41, 5.74) is -6.75. The van der Waals surface area contributed by atoms with Crippen molar-refractivity contribution < 1.29 is 40.9 Å². The average Bonchev–Trinajstić information content (AvgIpc) is 2.84. The monoisotopic (exact) mass is 461 g/mol. The van der Waals surface area contributed by atoms with Crippen molar-refractivity contribution >= 4 is 29.0 Å². The van der Waals surface area contributed by atoms with Gasteiger partial charge in [0.2, 0.25) is 0 Å². The molecule has 1 fully saturated rings. The van der Waals surface area contributed by atoms with Crippen molar-refractivity contribution in [1.29, 1.82) is 0 Å². The number of rotatable bonds is 3. The van der Waals surface area contributed by atoms with E-state index in [1.807, 2.05) is 0 Å². The predicted octanol–water partition coefficient (Wildman–Crippen LogP) is 5.38. The Hall–Kier alpha value is -3.64. The number of amides is 3. The molecule has 170 valence electrons. The first-order valence-electron chi connectivity index (χ1n) is 8.78. The van der Waals surface area contributed by atoms with Gasteiger partial charge in [-0.25, -0.2) is 9.69 Å². The molecular formula is C19H13F6N3O4. The molecule has 2 aromatic rings. The maximum absolute atomic E-state index is 13.3. The number of urea groups is 1. The quantitative estimate of drug-likeness (QED) is 0.266. The Morgan fingerprint density at radius 2 is 1.53 bits per heavy atom. The number of nitro benzene ring substituents is 1. The number of nitro groups is 1. The van der Waals surface area contributed by atoms with Crippen LogP contribution in [0.1, 0.15) is 25.0 Å². The maximum atomic E-state index is 13.3. The zero-order valence-electron chi connectivity index (χ0n) is 16.3. The molecule has 3 rings (SSSR count). The van der Waals surface area contributed by atoms with E-state index < -0.39 is 62.9 Å². The van der Waals surface area contributed by atoms with E-state index in [0.717, 1.165) is 24.3 Å². The second-order valence-electron chi connectivity index (χ2n) is 7.32. The van der Waals surface area contributed by atoms with Crippen molar-refractivity contribution in [3.05, 3.63) is 63.7 Å². The van der Waals surface area contributed by atoms with Crippen molar-refractivity contribution in [3.8, 4) is 0 Å². The van der Waals surface area contributed by atoms with E-state index in [1.165, 1.54) is 13.8 Å². The highest BCUT2D eigenvalue weighted by Crippen LogP contribution is 2.42. The zero-order valence-corrected chi connectivity index (χ0v) is 16.3. The van der Waals surface area contributed by atoms with Crippen LogP contribution in [0.4, 0.5) is 48.2 Å². The number of anilines is 2. The highest BCUT2D eigenvalue weighted by Gasteiger charge is 2.53. The number of nitrogens with zero attached hydrogens (tertiary/aromatic N) is 3. The maximum Gasteiger partial charge on any atom is 0.423 e. The molecule has 0 aromatic heterocycles. The Morgan fingerprint density at radius 3 is 2.06 bits per heavy atom. The van der Waals surface area contributed by atoms with Crippen LogP contribution in [-0.4, -0.2) is 22.4 Å². The summed E-state index contributed by atoms with van der Waals surface area (Å²) in [5.74, 6) is -0.992. The first-order valence-corrected chi connectivity index (χ1v) is 8.78. The van der Waals surface area contributed by atoms with Crippen LogP contribution in [-0.2, 0) is 17.1 Å². The van der Waals surface area contributed by atoms with Gasteiger partial charge in [0, 0.05) is 11.8 Å². The molecule has 7 nitrogen and oxygen atoms in total. The lowest BCUT2D eigenvalue weighted by Gasteiger charge is -2.28. The fraction of sp³-hybridized carbons (Fsp3) is 0.263. The molecule has 0 radical (unpaired) electrons. The van der Waals surface area contributed by atoms with Crippen molar-refractivity contribution in [3.63, 3.8) is 0 Å². The molecular weight excluding hydrogens is 448 g/mol. The number of halogens is 6. The van der Waals surface area contributed by atoms with Gasteiger partial charge in [-0.15, -0.1) is 0 Å². The zero-order chi connectivity index (χ0) is 24.2. The van der Waals surface area contributed by atoms with Crippen molar-refractivity contribution in [2.24, 2.45) is 0 Å². The molecule has 0 atom stereocenters. The van der Waals surface area contributed by atoms with E-state index in [1.54, 1.807) is 0 Å². The van der Waals surface area contributed by atoms with Gasteiger partial charge in [0.15, 0.2) is 0 Å². The third-order valence-electron chi connectivity index (χ3n) is 4.84. The normalized spacial score (nSPS) is 16.6. The van der Waals surface area contributed by atoms with Crippen LogP contribution in [0.5, 0.6) is 0 Å². The smallest absolute Gasteiger partial charge is 0.279 e. The van der Waals surface area contributed by atoms with E-state index in [0.29, 0.717) is 28.0 Å². The Labute approximate surface area is 176 Å². The van der Waals surface area contributed by atoms with Gasteiger partial charge in [0.05, 0.1) is 16.2 Å². The Morgan fingerprint density at radius 1 is 0.906 bits per heavy atom. The molecule has 0 spiro atoms. The van der Waals surface area contributed by atoms with E-state index in [-0.39, 0.29) is 0 Å². The standard InChI is InChI=1S/C19H13F6N3O4/c1-17(2)15(29)26(11-5-3-4-10(8-11)18(20,21)22)16(30)27(17)12-6-7-14(28(31)32)13(9-12)19(23,24)25/h3-9H,1-2H3. The molecule has 1 heterocycles. The topological polar surface area (TPSA) is 83.8 Å². The van der Waals surface area contributed by atoms with Crippen LogP contribution in [0.15, 0.2) is 42.5 Å². The minimum atomic E-state index is -5.14. The second kappa shape index (κ2) is 7.21. The first-order chi connectivity index (χ1) is 14.6. The molecule has 0 N–H and O–H groups in total. The number of alkyl halides is 6.